The van der Waals surface area contributed by atoms with Crippen LogP contribution in [0.25, 0.3) is 0 Å². The Hall–Kier alpha value is -0.840. The van der Waals surface area contributed by atoms with Crippen LogP contribution in [0.2, 0.25) is 5.02 Å². The molecule has 0 bridgehead atoms. The molecule has 0 atom stereocenters. The minimum absolute atomic E-state index is 0.0922. The van der Waals surface area contributed by atoms with Crippen molar-refractivity contribution in [3.8, 4) is 0 Å². The average Bonchev–Trinajstić information content (AvgIpc) is 2.40. The van der Waals surface area contributed by atoms with Crippen LogP contribution in [0.3, 0.4) is 0 Å². The molecule has 20 heavy (non-hydrogen) atoms. The second-order valence-corrected chi connectivity index (χ2v) is 6.65. The van der Waals surface area contributed by atoms with Crippen LogP contribution in [0.15, 0.2) is 51.4 Å². The number of hydrogen-bond donors (Lipinski definition) is 0. The molecule has 0 aliphatic rings. The first-order valence-electron chi connectivity index (χ1n) is 5.92. The van der Waals surface area contributed by atoms with E-state index in [9.17, 15) is 4.79 Å². The lowest BCUT2D eigenvalue weighted by Gasteiger charge is -2.18. The van der Waals surface area contributed by atoms with E-state index in [1.54, 1.807) is 24.1 Å². The van der Waals surface area contributed by atoms with Crippen molar-refractivity contribution in [1.29, 1.82) is 0 Å². The zero-order valence-corrected chi connectivity index (χ0v) is 14.7. The molecule has 0 fully saturated rings. The van der Waals surface area contributed by atoms with E-state index in [1.807, 2.05) is 30.3 Å². The van der Waals surface area contributed by atoms with Gasteiger partial charge in [0, 0.05) is 22.5 Å². The van der Waals surface area contributed by atoms with E-state index in [0.717, 1.165) is 14.5 Å². The van der Waals surface area contributed by atoms with Gasteiger partial charge in [-0.2, -0.15) is 0 Å². The Bertz CT molecular complexity index is 628. The van der Waals surface area contributed by atoms with Crippen molar-refractivity contribution < 1.29 is 4.79 Å². The molecular weight excluding hydrogens is 405 g/mol. The number of halogens is 3. The smallest absolute Gasteiger partial charge is 0.255 e. The maximum absolute atomic E-state index is 12.4. The molecule has 0 N–H and O–H groups in total. The Morgan fingerprint density at radius 2 is 1.70 bits per heavy atom. The first-order valence-corrected chi connectivity index (χ1v) is 7.89. The average molecular weight is 418 g/mol. The van der Waals surface area contributed by atoms with Crippen molar-refractivity contribution in [2.24, 2.45) is 0 Å². The van der Waals surface area contributed by atoms with Gasteiger partial charge < -0.3 is 4.90 Å². The largest absolute Gasteiger partial charge is 0.337 e. The first kappa shape index (κ1) is 15.5. The zero-order valence-electron chi connectivity index (χ0n) is 10.7. The fourth-order valence-corrected chi connectivity index (χ4v) is 2.82. The van der Waals surface area contributed by atoms with E-state index >= 15 is 0 Å². The number of hydrogen-bond acceptors (Lipinski definition) is 1. The van der Waals surface area contributed by atoms with Gasteiger partial charge in [-0.1, -0.05) is 55.6 Å². The number of amides is 1. The topological polar surface area (TPSA) is 20.3 Å². The van der Waals surface area contributed by atoms with Crippen LogP contribution in [0.5, 0.6) is 0 Å². The zero-order chi connectivity index (χ0) is 14.7. The quantitative estimate of drug-likeness (QED) is 0.677. The predicted octanol–water partition coefficient (Wildman–Crippen LogP) is 5.14. The highest BCUT2D eigenvalue weighted by atomic mass is 79.9. The molecule has 2 nitrogen and oxygen atoms in total. The third-order valence-corrected chi connectivity index (χ3v) is 4.18. The molecule has 0 aliphatic heterocycles. The molecule has 0 heterocycles. The summed E-state index contributed by atoms with van der Waals surface area (Å²) in [5.41, 5.74) is 1.58. The summed E-state index contributed by atoms with van der Waals surface area (Å²) in [7, 11) is 1.77. The van der Waals surface area contributed by atoms with Crippen LogP contribution in [0.4, 0.5) is 0 Å². The summed E-state index contributed by atoms with van der Waals surface area (Å²) < 4.78 is 1.88. The maximum atomic E-state index is 12.4. The lowest BCUT2D eigenvalue weighted by molar-refractivity contribution is 0.0785. The summed E-state index contributed by atoms with van der Waals surface area (Å²) in [6.07, 6.45) is 0. The van der Waals surface area contributed by atoms with E-state index in [0.29, 0.717) is 17.1 Å². The van der Waals surface area contributed by atoms with Crippen LogP contribution in [-0.2, 0) is 6.54 Å². The molecule has 5 heteroatoms. The van der Waals surface area contributed by atoms with Gasteiger partial charge in [-0.25, -0.2) is 0 Å². The van der Waals surface area contributed by atoms with Crippen molar-refractivity contribution in [2.45, 2.75) is 6.54 Å². The minimum Gasteiger partial charge on any atom is -0.337 e. The number of benzene rings is 2. The van der Waals surface area contributed by atoms with E-state index < -0.39 is 0 Å². The molecular formula is C15H12Br2ClNO. The van der Waals surface area contributed by atoms with Crippen molar-refractivity contribution in [3.05, 3.63) is 67.6 Å². The van der Waals surface area contributed by atoms with Crippen molar-refractivity contribution in [1.82, 2.24) is 4.90 Å². The van der Waals surface area contributed by atoms with Gasteiger partial charge in [0.1, 0.15) is 0 Å². The highest BCUT2D eigenvalue weighted by Gasteiger charge is 2.15. The molecule has 1 amide bonds. The normalized spacial score (nSPS) is 10.4. The van der Waals surface area contributed by atoms with Gasteiger partial charge in [0.25, 0.3) is 5.91 Å². The van der Waals surface area contributed by atoms with Crippen LogP contribution >= 0.6 is 43.5 Å². The van der Waals surface area contributed by atoms with Gasteiger partial charge in [-0.3, -0.25) is 4.79 Å². The Balaban J connectivity index is 2.14. The summed E-state index contributed by atoms with van der Waals surface area (Å²) in [4.78, 5) is 14.0. The second kappa shape index (κ2) is 6.74. The van der Waals surface area contributed by atoms with E-state index in [4.69, 9.17) is 11.6 Å². The van der Waals surface area contributed by atoms with Crippen molar-refractivity contribution in [2.75, 3.05) is 7.05 Å². The van der Waals surface area contributed by atoms with Crippen LogP contribution < -0.4 is 0 Å². The van der Waals surface area contributed by atoms with Gasteiger partial charge in [-0.05, 0) is 35.9 Å². The molecule has 2 aromatic carbocycles. The van der Waals surface area contributed by atoms with Crippen LogP contribution in [0.1, 0.15) is 15.9 Å². The van der Waals surface area contributed by atoms with E-state index in [1.165, 1.54) is 0 Å². The molecule has 0 spiro atoms. The molecule has 0 unspecified atom stereocenters. The SMILES string of the molecule is CN(Cc1ccc(Br)cc1)C(=O)c1ccc(Br)cc1Cl. The Morgan fingerprint density at radius 1 is 1.10 bits per heavy atom. The first-order chi connectivity index (χ1) is 9.47. The Kier molecular flexibility index (Phi) is 5.24. The maximum Gasteiger partial charge on any atom is 0.255 e. The lowest BCUT2D eigenvalue weighted by atomic mass is 10.1. The molecule has 0 aromatic heterocycles. The number of rotatable bonds is 3. The summed E-state index contributed by atoms with van der Waals surface area (Å²) in [5.74, 6) is -0.0922. The Morgan fingerprint density at radius 3 is 2.30 bits per heavy atom. The monoisotopic (exact) mass is 415 g/mol. The summed E-state index contributed by atoms with van der Waals surface area (Å²) in [6, 6.07) is 13.1. The molecule has 0 saturated carbocycles. The third kappa shape index (κ3) is 3.84. The number of carbonyl (C=O) groups is 1. The number of nitrogens with zero attached hydrogens (tertiary/aromatic N) is 1. The summed E-state index contributed by atoms with van der Waals surface area (Å²) in [5, 5.41) is 0.451. The molecule has 2 aromatic rings. The van der Waals surface area contributed by atoms with Gasteiger partial charge >= 0.3 is 0 Å². The fourth-order valence-electron chi connectivity index (χ4n) is 1.80. The van der Waals surface area contributed by atoms with E-state index in [2.05, 4.69) is 31.9 Å². The lowest BCUT2D eigenvalue weighted by Crippen LogP contribution is -2.26. The fraction of sp³-hybridized carbons (Fsp3) is 0.133. The highest BCUT2D eigenvalue weighted by molar-refractivity contribution is 9.10. The summed E-state index contributed by atoms with van der Waals surface area (Å²) >= 11 is 12.8. The van der Waals surface area contributed by atoms with Gasteiger partial charge in [0.05, 0.1) is 10.6 Å². The van der Waals surface area contributed by atoms with Crippen molar-refractivity contribution in [3.63, 3.8) is 0 Å². The van der Waals surface area contributed by atoms with Crippen LogP contribution in [-0.4, -0.2) is 17.9 Å². The molecule has 2 rings (SSSR count). The summed E-state index contributed by atoms with van der Waals surface area (Å²) in [6.45, 7) is 0.540. The van der Waals surface area contributed by atoms with Gasteiger partial charge in [0.2, 0.25) is 0 Å². The molecule has 0 aliphatic carbocycles. The second-order valence-electron chi connectivity index (χ2n) is 4.41. The molecule has 104 valence electrons. The third-order valence-electron chi connectivity index (χ3n) is 2.84. The number of carbonyl (C=O) groups excluding carboxylic acids is 1. The molecule has 0 radical (unpaired) electrons. The minimum atomic E-state index is -0.0922. The van der Waals surface area contributed by atoms with Crippen molar-refractivity contribution >= 4 is 49.4 Å². The standard InChI is InChI=1S/C15H12Br2ClNO/c1-19(9-10-2-4-11(16)5-3-10)15(20)13-7-6-12(17)8-14(13)18/h2-8H,9H2,1H3. The Labute approximate surface area is 140 Å². The van der Waals surface area contributed by atoms with Gasteiger partial charge in [0.15, 0.2) is 0 Å². The van der Waals surface area contributed by atoms with E-state index in [-0.39, 0.29) is 5.91 Å². The highest BCUT2D eigenvalue weighted by Crippen LogP contribution is 2.23. The van der Waals surface area contributed by atoms with Crippen LogP contribution in [0, 0.1) is 0 Å². The predicted molar refractivity (Wildman–Crippen MR) is 89.1 cm³/mol. The van der Waals surface area contributed by atoms with Gasteiger partial charge in [-0.15, -0.1) is 0 Å². The molecule has 0 saturated heterocycles.